The van der Waals surface area contributed by atoms with Gasteiger partial charge < -0.3 is 10.8 Å². The first kappa shape index (κ1) is 38.5. The average Bonchev–Trinajstić information content (AvgIpc) is 2.94. The second kappa shape index (κ2) is 22.1. The lowest BCUT2D eigenvalue weighted by Crippen LogP contribution is -2.13. The number of aliphatic carboxylic acids is 1. The molecular weight excluding hydrogens is 601 g/mol. The number of benzene rings is 3. The Morgan fingerprint density at radius 3 is 1.10 bits per heavy atom. The maximum Gasteiger partial charge on any atom is 0.304 e. The molecule has 0 bridgehead atoms. The van der Waals surface area contributed by atoms with Crippen LogP contribution in [0.4, 0.5) is 0 Å². The van der Waals surface area contributed by atoms with Crippen LogP contribution in [-0.4, -0.2) is 32.7 Å². The van der Waals surface area contributed by atoms with Crippen LogP contribution in [0, 0.1) is 0 Å². The summed E-state index contributed by atoms with van der Waals surface area (Å²) in [6.45, 7) is 5.92. The number of hydrogen-bond acceptors (Lipinski definition) is 5. The van der Waals surface area contributed by atoms with Crippen LogP contribution < -0.4 is 5.73 Å². The van der Waals surface area contributed by atoms with Gasteiger partial charge in [0.15, 0.2) is 0 Å². The van der Waals surface area contributed by atoms with E-state index in [0.29, 0.717) is 12.8 Å². The van der Waals surface area contributed by atoms with Crippen molar-refractivity contribution in [3.05, 3.63) is 108 Å². The van der Waals surface area contributed by atoms with Gasteiger partial charge in [-0.05, 0) is 69.2 Å². The van der Waals surface area contributed by atoms with E-state index in [-0.39, 0.29) is 35.3 Å². The van der Waals surface area contributed by atoms with Gasteiger partial charge in [0.05, 0.1) is 6.42 Å². The third-order valence-electron chi connectivity index (χ3n) is 5.72. The van der Waals surface area contributed by atoms with Crippen LogP contribution in [0.5, 0.6) is 0 Å². The van der Waals surface area contributed by atoms with Gasteiger partial charge in [0.1, 0.15) is 0 Å². The summed E-state index contributed by atoms with van der Waals surface area (Å²) in [5, 5.41) is 5.99. The smallest absolute Gasteiger partial charge is 0.304 e. The molecule has 0 aliphatic carbocycles. The molecule has 226 valence electrons. The van der Waals surface area contributed by atoms with Gasteiger partial charge in [-0.15, -0.1) is 0 Å². The summed E-state index contributed by atoms with van der Waals surface area (Å²) in [6, 6.07) is 29.5. The fraction of sp³-hybridized carbons (Fsp3) is 0.281. The van der Waals surface area contributed by atoms with Crippen molar-refractivity contribution in [3.8, 4) is 0 Å². The highest BCUT2D eigenvalue weighted by molar-refractivity contribution is 6.97. The highest BCUT2D eigenvalue weighted by atomic mass is 35.5. The summed E-state index contributed by atoms with van der Waals surface area (Å²) >= 11 is 14.3. The van der Waals surface area contributed by atoms with E-state index in [0.717, 1.165) is 16.7 Å². The number of rotatable bonds is 10. The molecule has 10 heteroatoms. The molecular formula is C32H36Cl3NO6. The zero-order valence-corrected chi connectivity index (χ0v) is 26.0. The van der Waals surface area contributed by atoms with E-state index >= 15 is 0 Å². The molecule has 1 amide bonds. The van der Waals surface area contributed by atoms with Crippen molar-refractivity contribution < 1.29 is 29.1 Å². The van der Waals surface area contributed by atoms with Crippen molar-refractivity contribution in [1.29, 1.82) is 0 Å². The Hall–Kier alpha value is -3.52. The molecule has 3 aromatic carbocycles. The highest BCUT2D eigenvalue weighted by Gasteiger charge is 2.09. The van der Waals surface area contributed by atoms with Gasteiger partial charge in [0, 0.05) is 12.8 Å². The first-order valence-corrected chi connectivity index (χ1v) is 14.1. The summed E-state index contributed by atoms with van der Waals surface area (Å²) < 4.78 is 0. The Morgan fingerprint density at radius 1 is 0.571 bits per heavy atom. The fourth-order valence-corrected chi connectivity index (χ4v) is 3.73. The van der Waals surface area contributed by atoms with E-state index in [1.165, 1.54) is 0 Å². The van der Waals surface area contributed by atoms with Crippen molar-refractivity contribution in [3.63, 3.8) is 0 Å². The second-order valence-electron chi connectivity index (χ2n) is 9.31. The van der Waals surface area contributed by atoms with Crippen LogP contribution in [0.25, 0.3) is 0 Å². The number of carbonyl (C=O) groups excluding carboxylic acids is 4. The lowest BCUT2D eigenvalue weighted by Gasteiger charge is -2.08. The third-order valence-corrected chi connectivity index (χ3v) is 6.31. The quantitative estimate of drug-likeness (QED) is 0.176. The van der Waals surface area contributed by atoms with Gasteiger partial charge in [0.25, 0.3) is 0 Å². The van der Waals surface area contributed by atoms with Crippen LogP contribution in [0.2, 0.25) is 0 Å². The summed E-state index contributed by atoms with van der Waals surface area (Å²) in [6.07, 6.45) is 1.03. The van der Waals surface area contributed by atoms with E-state index in [9.17, 15) is 24.0 Å². The van der Waals surface area contributed by atoms with E-state index in [4.69, 9.17) is 22.4 Å². The van der Waals surface area contributed by atoms with Crippen molar-refractivity contribution in [2.75, 3.05) is 0 Å². The Labute approximate surface area is 262 Å². The second-order valence-corrected chi connectivity index (χ2v) is 10.4. The number of halogens is 3. The van der Waals surface area contributed by atoms with E-state index < -0.39 is 16.5 Å². The lowest BCUT2D eigenvalue weighted by atomic mass is 9.98. The molecule has 0 aromatic heterocycles. The normalized spacial score (nSPS) is 11.8. The predicted molar refractivity (Wildman–Crippen MR) is 168 cm³/mol. The predicted octanol–water partition coefficient (Wildman–Crippen LogP) is 7.39. The van der Waals surface area contributed by atoms with Crippen molar-refractivity contribution in [2.45, 2.75) is 57.8 Å². The molecule has 0 radical (unpaired) electrons. The number of carbonyl (C=O) groups is 5. The summed E-state index contributed by atoms with van der Waals surface area (Å²) in [5.41, 5.74) is 8.50. The SMILES string of the molecule is C[C@H](CC(=O)Cl)c1ccccc1.C[C@H](CC(=O)O)c1ccccc1.C[C@H](CC(N)=O)c1ccccc1.O=C(Cl)C(=O)Cl. The summed E-state index contributed by atoms with van der Waals surface area (Å²) in [5.74, 6) is -0.443. The number of carboxylic acid groups (broad SMARTS) is 1. The van der Waals surface area contributed by atoms with Crippen molar-refractivity contribution in [1.82, 2.24) is 0 Å². The van der Waals surface area contributed by atoms with Crippen LogP contribution >= 0.6 is 34.8 Å². The van der Waals surface area contributed by atoms with Gasteiger partial charge in [-0.2, -0.15) is 0 Å². The first-order chi connectivity index (χ1) is 19.7. The molecule has 0 aliphatic rings. The molecule has 3 rings (SSSR count). The van der Waals surface area contributed by atoms with E-state index in [2.05, 4.69) is 23.2 Å². The first-order valence-electron chi connectivity index (χ1n) is 13.0. The van der Waals surface area contributed by atoms with Crippen molar-refractivity contribution in [2.24, 2.45) is 5.73 Å². The van der Waals surface area contributed by atoms with Gasteiger partial charge >= 0.3 is 16.5 Å². The maximum absolute atomic E-state index is 10.6. The molecule has 3 atom stereocenters. The zero-order chi connectivity index (χ0) is 32.1. The Kier molecular flexibility index (Phi) is 20.3. The standard InChI is InChI=1S/C10H11ClO.C10H13NO.C10H12O2.C2Cl2O2/c3*1-8(7-10(11)12)9-5-3-2-4-6-9;3-1(5)2(4)6/h2-6,8H,7H2,1H3;2-6,8H,7H2,1H3,(H2,11,12);2-6,8H,7H2,1H3,(H,11,12);/t3*8-;/m111./s1. The Balaban J connectivity index is 0.000000549. The van der Waals surface area contributed by atoms with E-state index in [1.807, 2.05) is 112 Å². The summed E-state index contributed by atoms with van der Waals surface area (Å²) in [7, 11) is 0. The average molecular weight is 637 g/mol. The Bertz CT molecular complexity index is 1090. The molecule has 0 unspecified atom stereocenters. The zero-order valence-electron chi connectivity index (χ0n) is 23.7. The number of nitrogens with two attached hydrogens (primary N) is 1. The molecule has 42 heavy (non-hydrogen) atoms. The third kappa shape index (κ3) is 19.5. The number of primary amides is 1. The largest absolute Gasteiger partial charge is 0.481 e. The molecule has 3 N–H and O–H groups in total. The number of amides is 1. The maximum atomic E-state index is 10.6. The van der Waals surface area contributed by atoms with E-state index in [1.54, 1.807) is 0 Å². The monoisotopic (exact) mass is 635 g/mol. The lowest BCUT2D eigenvalue weighted by molar-refractivity contribution is -0.137. The van der Waals surface area contributed by atoms with Crippen LogP contribution in [-0.2, 0) is 24.0 Å². The molecule has 0 heterocycles. The Morgan fingerprint density at radius 2 is 0.857 bits per heavy atom. The van der Waals surface area contributed by atoms with Gasteiger partial charge in [-0.25, -0.2) is 0 Å². The number of hydrogen-bond donors (Lipinski definition) is 2. The molecule has 0 aliphatic heterocycles. The van der Waals surface area contributed by atoms with Gasteiger partial charge in [0.2, 0.25) is 11.1 Å². The van der Waals surface area contributed by atoms with Crippen LogP contribution in [0.15, 0.2) is 91.0 Å². The van der Waals surface area contributed by atoms with Crippen molar-refractivity contribution >= 4 is 62.4 Å². The molecule has 3 aromatic rings. The minimum Gasteiger partial charge on any atom is -0.481 e. The topological polar surface area (TPSA) is 132 Å². The van der Waals surface area contributed by atoms with Crippen LogP contribution in [0.3, 0.4) is 0 Å². The molecule has 7 nitrogen and oxygen atoms in total. The summed E-state index contributed by atoms with van der Waals surface area (Å²) in [4.78, 5) is 50.4. The molecule has 0 spiro atoms. The minimum atomic E-state index is -1.14. The highest BCUT2D eigenvalue weighted by Crippen LogP contribution is 2.20. The molecule has 0 saturated heterocycles. The van der Waals surface area contributed by atoms with Gasteiger partial charge in [-0.1, -0.05) is 112 Å². The molecule has 0 fully saturated rings. The minimum absolute atomic E-state index is 0.101. The molecule has 0 saturated carbocycles. The van der Waals surface area contributed by atoms with Gasteiger partial charge in [-0.3, -0.25) is 24.0 Å². The number of carboxylic acids is 1. The fourth-order valence-electron chi connectivity index (χ4n) is 3.50. The van der Waals surface area contributed by atoms with Crippen LogP contribution in [0.1, 0.15) is 74.5 Å².